The van der Waals surface area contributed by atoms with Crippen LogP contribution in [0.15, 0.2) is 0 Å². The van der Waals surface area contributed by atoms with Crippen LogP contribution < -0.4 is 0 Å². The van der Waals surface area contributed by atoms with Gasteiger partial charge in [-0.1, -0.05) is 381 Å². The van der Waals surface area contributed by atoms with Gasteiger partial charge < -0.3 is 33.8 Å². The van der Waals surface area contributed by atoms with Gasteiger partial charge in [0.15, 0.2) is 12.2 Å². The van der Waals surface area contributed by atoms with Crippen LogP contribution in [-0.2, 0) is 65.4 Å². The van der Waals surface area contributed by atoms with Crippen molar-refractivity contribution in [2.75, 3.05) is 39.6 Å². The lowest BCUT2D eigenvalue weighted by molar-refractivity contribution is -0.161. The standard InChI is InChI=1S/C81H158O17P2/c1-6-10-13-16-19-22-25-28-31-33-34-36-39-42-45-52-57-62-67-81(86)97-76(70-91-78(83)64-59-54-49-43-40-38-35-32-29-26-23-20-17-14-11-7-2)72-95-99(87,88)93-68-75(82)69-94-100(89,90)96-73-77(71-92-79(84)65-60-55-50-47-46-48-53-58-63-74(5)9-4)98-80(85)66-61-56-51-44-41-37-30-27-24-21-18-15-12-8-3/h74-77,82H,6-73H2,1-5H3,(H,87,88)(H,89,90)/t74?,75-,76-,77-/m1/s1. The number of carbonyl (C=O) groups excluding carboxylic acids is 4. The van der Waals surface area contributed by atoms with Gasteiger partial charge in [0.1, 0.15) is 19.3 Å². The van der Waals surface area contributed by atoms with Crippen molar-refractivity contribution in [3.8, 4) is 0 Å². The lowest BCUT2D eigenvalue weighted by Gasteiger charge is -2.21. The van der Waals surface area contributed by atoms with Crippen LogP contribution >= 0.6 is 15.6 Å². The molecule has 0 saturated carbocycles. The van der Waals surface area contributed by atoms with E-state index in [2.05, 4.69) is 34.6 Å². The van der Waals surface area contributed by atoms with Crippen LogP contribution in [0.3, 0.4) is 0 Å². The minimum atomic E-state index is -4.96. The van der Waals surface area contributed by atoms with Crippen molar-refractivity contribution >= 4 is 39.5 Å². The van der Waals surface area contributed by atoms with Gasteiger partial charge in [-0.05, 0) is 31.6 Å². The summed E-state index contributed by atoms with van der Waals surface area (Å²) in [6.45, 7) is 7.34. The third-order valence-electron chi connectivity index (χ3n) is 19.4. The largest absolute Gasteiger partial charge is 0.472 e. The zero-order chi connectivity index (χ0) is 73.4. The molecular weight excluding hydrogens is 1310 g/mol. The molecule has 0 aliphatic carbocycles. The molecule has 0 heterocycles. The second kappa shape index (κ2) is 73.9. The summed E-state index contributed by atoms with van der Waals surface area (Å²) in [5, 5.41) is 10.6. The van der Waals surface area contributed by atoms with E-state index in [9.17, 15) is 43.2 Å². The van der Waals surface area contributed by atoms with E-state index in [1.54, 1.807) is 0 Å². The first-order valence-electron chi connectivity index (χ1n) is 42.2. The Morgan fingerprint density at radius 3 is 0.710 bits per heavy atom. The maximum atomic E-state index is 13.1. The fourth-order valence-electron chi connectivity index (χ4n) is 12.6. The number of rotatable bonds is 81. The summed E-state index contributed by atoms with van der Waals surface area (Å²) in [5.74, 6) is -1.33. The van der Waals surface area contributed by atoms with Crippen molar-refractivity contribution in [1.29, 1.82) is 0 Å². The number of aliphatic hydroxyl groups is 1. The molecule has 0 bridgehead atoms. The van der Waals surface area contributed by atoms with Crippen molar-refractivity contribution in [3.05, 3.63) is 0 Å². The molecule has 0 spiro atoms. The van der Waals surface area contributed by atoms with Gasteiger partial charge in [0.25, 0.3) is 0 Å². The quantitative estimate of drug-likeness (QED) is 0.0222. The minimum Gasteiger partial charge on any atom is -0.462 e. The summed E-state index contributed by atoms with van der Waals surface area (Å²) >= 11 is 0. The monoisotopic (exact) mass is 1470 g/mol. The first kappa shape index (κ1) is 98.1. The zero-order valence-electron chi connectivity index (χ0n) is 65.3. The Morgan fingerprint density at radius 2 is 0.480 bits per heavy atom. The van der Waals surface area contributed by atoms with E-state index in [1.165, 1.54) is 257 Å². The number of carbonyl (C=O) groups is 4. The maximum Gasteiger partial charge on any atom is 0.472 e. The van der Waals surface area contributed by atoms with Crippen LogP contribution in [0.5, 0.6) is 0 Å². The summed E-state index contributed by atoms with van der Waals surface area (Å²) in [6, 6.07) is 0. The van der Waals surface area contributed by atoms with Crippen molar-refractivity contribution in [1.82, 2.24) is 0 Å². The van der Waals surface area contributed by atoms with Crippen LogP contribution in [-0.4, -0.2) is 96.7 Å². The van der Waals surface area contributed by atoms with Crippen LogP contribution in [0.2, 0.25) is 0 Å². The normalized spacial score (nSPS) is 14.1. The fraction of sp³-hybridized carbons (Fsp3) is 0.951. The van der Waals surface area contributed by atoms with E-state index in [0.29, 0.717) is 25.7 Å². The first-order valence-corrected chi connectivity index (χ1v) is 45.2. The number of hydrogen-bond acceptors (Lipinski definition) is 15. The van der Waals surface area contributed by atoms with E-state index in [1.807, 2.05) is 0 Å². The van der Waals surface area contributed by atoms with Crippen molar-refractivity contribution in [2.45, 2.75) is 451 Å². The third-order valence-corrected chi connectivity index (χ3v) is 21.3. The zero-order valence-corrected chi connectivity index (χ0v) is 67.1. The highest BCUT2D eigenvalue weighted by Crippen LogP contribution is 2.45. The summed E-state index contributed by atoms with van der Waals surface area (Å²) in [4.78, 5) is 73.1. The highest BCUT2D eigenvalue weighted by atomic mass is 31.2. The summed E-state index contributed by atoms with van der Waals surface area (Å²) in [7, 11) is -9.92. The molecule has 19 heteroatoms. The second-order valence-corrected chi connectivity index (χ2v) is 32.3. The SMILES string of the molecule is CCCCCCCCCCCCCCCCCCCCC(=O)O[C@H](COC(=O)CCCCCCCCCCCCCCCCCC)COP(=O)(O)OC[C@@H](O)COP(=O)(O)OC[C@@H](COC(=O)CCCCCCCCCCC(C)CC)OC(=O)CCCCCCCCCCCCCCCC. The van der Waals surface area contributed by atoms with E-state index < -0.39 is 97.5 Å². The number of esters is 4. The topological polar surface area (TPSA) is 237 Å². The summed E-state index contributed by atoms with van der Waals surface area (Å²) in [5.41, 5.74) is 0. The summed E-state index contributed by atoms with van der Waals surface area (Å²) < 4.78 is 68.8. The number of aliphatic hydroxyl groups excluding tert-OH is 1. The first-order chi connectivity index (χ1) is 48.6. The smallest absolute Gasteiger partial charge is 0.462 e. The molecule has 3 N–H and O–H groups in total. The Hall–Kier alpha value is -1.94. The molecule has 3 unspecified atom stereocenters. The van der Waals surface area contributed by atoms with Crippen molar-refractivity contribution in [3.63, 3.8) is 0 Å². The fourth-order valence-corrected chi connectivity index (χ4v) is 14.1. The molecule has 0 radical (unpaired) electrons. The lowest BCUT2D eigenvalue weighted by Crippen LogP contribution is -2.30. The van der Waals surface area contributed by atoms with Gasteiger partial charge in [0, 0.05) is 25.7 Å². The van der Waals surface area contributed by atoms with Gasteiger partial charge >= 0.3 is 39.5 Å². The third kappa shape index (κ3) is 73.0. The minimum absolute atomic E-state index is 0.108. The number of ether oxygens (including phenoxy) is 4. The number of phosphoric acid groups is 2. The molecule has 0 aromatic carbocycles. The second-order valence-electron chi connectivity index (χ2n) is 29.4. The Bertz CT molecular complexity index is 1910. The number of unbranched alkanes of at least 4 members (excludes halogenated alkanes) is 52. The molecule has 6 atom stereocenters. The van der Waals surface area contributed by atoms with E-state index >= 15 is 0 Å². The molecule has 0 aliphatic rings. The molecule has 17 nitrogen and oxygen atoms in total. The Morgan fingerprint density at radius 1 is 0.280 bits per heavy atom. The highest BCUT2D eigenvalue weighted by Gasteiger charge is 2.30. The van der Waals surface area contributed by atoms with Gasteiger partial charge in [0.05, 0.1) is 26.4 Å². The lowest BCUT2D eigenvalue weighted by atomic mass is 9.99. The number of phosphoric ester groups is 2. The van der Waals surface area contributed by atoms with Gasteiger partial charge in [0.2, 0.25) is 0 Å². The van der Waals surface area contributed by atoms with E-state index in [0.717, 1.165) is 95.8 Å². The molecular formula is C81H158O17P2. The molecule has 0 aromatic heterocycles. The van der Waals surface area contributed by atoms with Crippen LogP contribution in [0.1, 0.15) is 433 Å². The van der Waals surface area contributed by atoms with E-state index in [-0.39, 0.29) is 25.7 Å². The van der Waals surface area contributed by atoms with Crippen LogP contribution in [0.4, 0.5) is 0 Å². The molecule has 100 heavy (non-hydrogen) atoms. The Kier molecular flexibility index (Phi) is 72.5. The molecule has 0 saturated heterocycles. The average Bonchev–Trinajstić information content (AvgIpc) is 1.08. The average molecular weight is 1470 g/mol. The van der Waals surface area contributed by atoms with Gasteiger partial charge in [-0.3, -0.25) is 37.3 Å². The van der Waals surface area contributed by atoms with Gasteiger partial charge in [-0.15, -0.1) is 0 Å². The van der Waals surface area contributed by atoms with Crippen molar-refractivity contribution in [2.24, 2.45) is 5.92 Å². The molecule has 0 amide bonds. The Balaban J connectivity index is 5.26. The predicted molar refractivity (Wildman–Crippen MR) is 409 cm³/mol. The Labute approximate surface area is 613 Å². The van der Waals surface area contributed by atoms with Gasteiger partial charge in [-0.2, -0.15) is 0 Å². The van der Waals surface area contributed by atoms with E-state index in [4.69, 9.17) is 37.0 Å². The molecule has 0 rings (SSSR count). The highest BCUT2D eigenvalue weighted by molar-refractivity contribution is 7.47. The molecule has 0 fully saturated rings. The van der Waals surface area contributed by atoms with Gasteiger partial charge in [-0.25, -0.2) is 9.13 Å². The molecule has 0 aliphatic heterocycles. The summed E-state index contributed by atoms with van der Waals surface area (Å²) in [6.07, 6.45) is 65.0. The number of hydrogen-bond donors (Lipinski definition) is 3. The molecule has 594 valence electrons. The van der Waals surface area contributed by atoms with Crippen LogP contribution in [0, 0.1) is 5.92 Å². The van der Waals surface area contributed by atoms with Crippen molar-refractivity contribution < 1.29 is 80.2 Å². The predicted octanol–water partition coefficient (Wildman–Crippen LogP) is 24.4. The molecule has 0 aromatic rings. The van der Waals surface area contributed by atoms with Crippen LogP contribution in [0.25, 0.3) is 0 Å². The maximum absolute atomic E-state index is 13.1.